The van der Waals surface area contributed by atoms with Crippen molar-refractivity contribution in [2.75, 3.05) is 18.5 Å². The Bertz CT molecular complexity index is 1470. The fraction of sp³-hybridized carbons (Fsp3) is 0.148. The monoisotopic (exact) mass is 620 g/mol. The number of nitrogens with one attached hydrogen (secondary N) is 1. The highest BCUT2D eigenvalue weighted by Crippen LogP contribution is 2.39. The van der Waals surface area contributed by atoms with Crippen LogP contribution in [0.3, 0.4) is 0 Å². The van der Waals surface area contributed by atoms with E-state index in [1.165, 1.54) is 18.2 Å². The molecule has 0 bridgehead atoms. The van der Waals surface area contributed by atoms with Crippen LogP contribution in [0, 0.1) is 17.5 Å². The van der Waals surface area contributed by atoms with Gasteiger partial charge >= 0.3 is 0 Å². The number of carbonyl (C=O) groups excluding carboxylic acids is 3. The molecule has 0 aromatic heterocycles. The van der Waals surface area contributed by atoms with E-state index >= 15 is 0 Å². The third-order valence-corrected chi connectivity index (χ3v) is 6.80. The summed E-state index contributed by atoms with van der Waals surface area (Å²) in [5, 5.41) is 1.54. The minimum Gasteiger partial charge on any atom is -0.490 e. The quantitative estimate of drug-likeness (QED) is 0.274. The number of nitrogens with zero attached hydrogens (tertiary/aromatic N) is 1. The second-order valence-electron chi connectivity index (χ2n) is 8.12. The normalized spacial score (nSPS) is 14.2. The standard InChI is InChI=1S/C27H20BrF3N2O5S/c1-2-37-22-10-16(9-19(28)25(22)38-14-15-3-5-17(29)6-4-15)11-23-26(35)33(27(36)39-23)13-24(34)32-21-8-7-18(30)12-20(21)31/h3-12H,2,13-14H2,1H3,(H,32,34)/b23-11-. The molecule has 1 saturated heterocycles. The van der Waals surface area contributed by atoms with Crippen molar-refractivity contribution in [3.05, 3.63) is 92.6 Å². The van der Waals surface area contributed by atoms with Crippen molar-refractivity contribution in [2.45, 2.75) is 13.5 Å². The van der Waals surface area contributed by atoms with Crippen molar-refractivity contribution in [3.8, 4) is 11.5 Å². The highest BCUT2D eigenvalue weighted by atomic mass is 79.9. The van der Waals surface area contributed by atoms with Crippen LogP contribution in [0.1, 0.15) is 18.1 Å². The maximum Gasteiger partial charge on any atom is 0.294 e. The third-order valence-electron chi connectivity index (χ3n) is 5.31. The average molecular weight is 621 g/mol. The molecule has 39 heavy (non-hydrogen) atoms. The van der Waals surface area contributed by atoms with Gasteiger partial charge in [-0.2, -0.15) is 0 Å². The van der Waals surface area contributed by atoms with Crippen LogP contribution in [-0.4, -0.2) is 35.1 Å². The lowest BCUT2D eigenvalue weighted by Crippen LogP contribution is -2.36. The van der Waals surface area contributed by atoms with E-state index in [9.17, 15) is 27.6 Å². The van der Waals surface area contributed by atoms with E-state index in [1.54, 1.807) is 31.2 Å². The highest BCUT2D eigenvalue weighted by molar-refractivity contribution is 9.10. The predicted octanol–water partition coefficient (Wildman–Crippen LogP) is 6.52. The summed E-state index contributed by atoms with van der Waals surface area (Å²) >= 11 is 4.09. The van der Waals surface area contributed by atoms with Gasteiger partial charge < -0.3 is 14.8 Å². The van der Waals surface area contributed by atoms with Crippen LogP contribution in [-0.2, 0) is 16.2 Å². The molecular formula is C27H20BrF3N2O5S. The van der Waals surface area contributed by atoms with Gasteiger partial charge in [-0.25, -0.2) is 13.2 Å². The van der Waals surface area contributed by atoms with E-state index in [1.807, 2.05) is 0 Å². The summed E-state index contributed by atoms with van der Waals surface area (Å²) in [6.45, 7) is 1.62. The summed E-state index contributed by atoms with van der Waals surface area (Å²) < 4.78 is 52.2. The van der Waals surface area contributed by atoms with E-state index < -0.39 is 35.2 Å². The number of thioether (sulfide) groups is 1. The van der Waals surface area contributed by atoms with Gasteiger partial charge in [-0.15, -0.1) is 0 Å². The molecule has 0 radical (unpaired) electrons. The number of rotatable bonds is 9. The first-order valence-corrected chi connectivity index (χ1v) is 13.1. The predicted molar refractivity (Wildman–Crippen MR) is 144 cm³/mol. The molecule has 0 spiro atoms. The van der Waals surface area contributed by atoms with Crippen LogP contribution in [0.25, 0.3) is 6.08 Å². The number of benzene rings is 3. The lowest BCUT2D eigenvalue weighted by molar-refractivity contribution is -0.127. The molecule has 3 aromatic rings. The van der Waals surface area contributed by atoms with Gasteiger partial charge in [-0.1, -0.05) is 12.1 Å². The first kappa shape index (κ1) is 28.2. The summed E-state index contributed by atoms with van der Waals surface area (Å²) in [6.07, 6.45) is 1.47. The van der Waals surface area contributed by atoms with Crippen LogP contribution in [0.5, 0.6) is 11.5 Å². The molecule has 0 saturated carbocycles. The van der Waals surface area contributed by atoms with Crippen LogP contribution in [0.2, 0.25) is 0 Å². The summed E-state index contributed by atoms with van der Waals surface area (Å²) in [5.74, 6) is -2.91. The molecule has 1 aliphatic rings. The zero-order chi connectivity index (χ0) is 28.1. The highest BCUT2D eigenvalue weighted by Gasteiger charge is 2.36. The second-order valence-corrected chi connectivity index (χ2v) is 9.97. The molecular weight excluding hydrogens is 601 g/mol. The number of halogens is 4. The number of carbonyl (C=O) groups is 3. The first-order chi connectivity index (χ1) is 18.6. The van der Waals surface area contributed by atoms with Crippen molar-refractivity contribution >= 4 is 56.5 Å². The van der Waals surface area contributed by atoms with E-state index in [4.69, 9.17) is 9.47 Å². The Morgan fingerprint density at radius 3 is 2.44 bits per heavy atom. The van der Waals surface area contributed by atoms with Gasteiger partial charge in [0.2, 0.25) is 5.91 Å². The Morgan fingerprint density at radius 1 is 1.03 bits per heavy atom. The van der Waals surface area contributed by atoms with E-state index in [0.29, 0.717) is 46.0 Å². The van der Waals surface area contributed by atoms with Crippen LogP contribution < -0.4 is 14.8 Å². The minimum atomic E-state index is -0.988. The van der Waals surface area contributed by atoms with Crippen molar-refractivity contribution in [2.24, 2.45) is 0 Å². The average Bonchev–Trinajstić information content (AvgIpc) is 3.13. The molecule has 0 aliphatic carbocycles. The number of imide groups is 1. The molecule has 4 rings (SSSR count). The maximum atomic E-state index is 13.8. The lowest BCUT2D eigenvalue weighted by atomic mass is 10.1. The van der Waals surface area contributed by atoms with Crippen LogP contribution in [0.4, 0.5) is 23.7 Å². The topological polar surface area (TPSA) is 84.9 Å². The van der Waals surface area contributed by atoms with Gasteiger partial charge in [-0.05, 0) is 88.2 Å². The molecule has 0 unspecified atom stereocenters. The number of ether oxygens (including phenoxy) is 2. The lowest BCUT2D eigenvalue weighted by Gasteiger charge is -2.15. The molecule has 3 amide bonds. The van der Waals surface area contributed by atoms with Crippen LogP contribution >= 0.6 is 27.7 Å². The van der Waals surface area contributed by atoms with Crippen LogP contribution in [0.15, 0.2) is 64.0 Å². The van der Waals surface area contributed by atoms with Gasteiger partial charge in [0.1, 0.15) is 30.6 Å². The Morgan fingerprint density at radius 2 is 1.74 bits per heavy atom. The molecule has 0 atom stereocenters. The second kappa shape index (κ2) is 12.4. The van der Waals surface area contributed by atoms with Crippen molar-refractivity contribution < 1.29 is 37.0 Å². The zero-order valence-corrected chi connectivity index (χ0v) is 22.7. The van der Waals surface area contributed by atoms with Crippen molar-refractivity contribution in [3.63, 3.8) is 0 Å². The number of hydrogen-bond acceptors (Lipinski definition) is 6. The van der Waals surface area contributed by atoms with E-state index in [-0.39, 0.29) is 23.0 Å². The van der Waals surface area contributed by atoms with Gasteiger partial charge in [0.15, 0.2) is 11.5 Å². The fourth-order valence-electron chi connectivity index (χ4n) is 3.52. The van der Waals surface area contributed by atoms with Crippen molar-refractivity contribution in [1.29, 1.82) is 0 Å². The largest absolute Gasteiger partial charge is 0.490 e. The number of anilines is 1. The summed E-state index contributed by atoms with van der Waals surface area (Å²) in [7, 11) is 0. The van der Waals surface area contributed by atoms with E-state index in [2.05, 4.69) is 21.2 Å². The SMILES string of the molecule is CCOc1cc(/C=C2\SC(=O)N(CC(=O)Nc3ccc(F)cc3F)C2=O)cc(Br)c1OCc1ccc(F)cc1. The first-order valence-electron chi connectivity index (χ1n) is 11.5. The fourth-order valence-corrected chi connectivity index (χ4v) is 4.93. The van der Waals surface area contributed by atoms with Gasteiger partial charge in [0.25, 0.3) is 11.1 Å². The molecule has 1 heterocycles. The van der Waals surface area contributed by atoms with Gasteiger partial charge in [0, 0.05) is 6.07 Å². The number of hydrogen-bond donors (Lipinski definition) is 1. The molecule has 12 heteroatoms. The summed E-state index contributed by atoms with van der Waals surface area (Å²) in [5.41, 5.74) is 0.983. The van der Waals surface area contributed by atoms with Crippen molar-refractivity contribution in [1.82, 2.24) is 4.90 Å². The zero-order valence-electron chi connectivity index (χ0n) is 20.3. The summed E-state index contributed by atoms with van der Waals surface area (Å²) in [6, 6.07) is 11.8. The Balaban J connectivity index is 1.48. The smallest absolute Gasteiger partial charge is 0.294 e. The molecule has 3 aromatic carbocycles. The van der Waals surface area contributed by atoms with E-state index in [0.717, 1.165) is 22.6 Å². The third kappa shape index (κ3) is 7.01. The Kier molecular flexibility index (Phi) is 8.97. The minimum absolute atomic E-state index is 0.0649. The molecule has 1 fully saturated rings. The molecule has 1 aliphatic heterocycles. The Hall–Kier alpha value is -3.77. The van der Waals surface area contributed by atoms with Gasteiger partial charge in [-0.3, -0.25) is 19.3 Å². The molecule has 1 N–H and O–H groups in total. The number of amides is 3. The molecule has 202 valence electrons. The maximum absolute atomic E-state index is 13.8. The Labute approximate surface area is 234 Å². The van der Waals surface area contributed by atoms with Gasteiger partial charge in [0.05, 0.1) is 21.7 Å². The molecule has 7 nitrogen and oxygen atoms in total. The summed E-state index contributed by atoms with van der Waals surface area (Å²) in [4.78, 5) is 38.5.